The Kier molecular flexibility index (Phi) is 7.89. The molecular formula is C32H39S+. The highest BCUT2D eigenvalue weighted by Gasteiger charge is 2.29. The third kappa shape index (κ3) is 5.75. The second kappa shape index (κ2) is 11.4. The third-order valence-electron chi connectivity index (χ3n) is 7.86. The summed E-state index contributed by atoms with van der Waals surface area (Å²) in [6.07, 6.45) is 16.8. The molecular weight excluding hydrogens is 416 g/mol. The van der Waals surface area contributed by atoms with Gasteiger partial charge in [0.25, 0.3) is 0 Å². The summed E-state index contributed by atoms with van der Waals surface area (Å²) in [4.78, 5) is 4.31. The van der Waals surface area contributed by atoms with E-state index in [1.54, 1.807) is 11.1 Å². The predicted octanol–water partition coefficient (Wildman–Crippen LogP) is 9.66. The molecule has 2 aliphatic carbocycles. The number of hydrogen-bond acceptors (Lipinski definition) is 0. The van der Waals surface area contributed by atoms with Crippen LogP contribution in [-0.2, 0) is 10.9 Å². The zero-order valence-electron chi connectivity index (χ0n) is 20.1. The van der Waals surface area contributed by atoms with Gasteiger partial charge in [-0.3, -0.25) is 0 Å². The molecule has 2 aliphatic rings. The van der Waals surface area contributed by atoms with Crippen molar-refractivity contribution in [3.05, 3.63) is 90.0 Å². The minimum atomic E-state index is -0.0472. The molecule has 33 heavy (non-hydrogen) atoms. The van der Waals surface area contributed by atoms with Crippen LogP contribution in [0.3, 0.4) is 0 Å². The average Bonchev–Trinajstić information content (AvgIpc) is 2.86. The molecule has 172 valence electrons. The first-order chi connectivity index (χ1) is 16.4. The minimum absolute atomic E-state index is 0.0472. The van der Waals surface area contributed by atoms with Gasteiger partial charge in [-0.1, -0.05) is 93.8 Å². The maximum absolute atomic E-state index is 2.45. The Hall–Kier alpha value is -1.99. The summed E-state index contributed by atoms with van der Waals surface area (Å²) in [5.41, 5.74) is 3.11. The number of rotatable bonds is 5. The Morgan fingerprint density at radius 1 is 0.394 bits per heavy atom. The molecule has 3 aromatic rings. The molecule has 0 saturated heterocycles. The molecule has 0 aliphatic heterocycles. The van der Waals surface area contributed by atoms with Crippen LogP contribution >= 0.6 is 0 Å². The first-order valence-corrected chi connectivity index (χ1v) is 14.6. The lowest BCUT2D eigenvalue weighted by atomic mass is 9.84. The molecule has 0 nitrogen and oxygen atoms in total. The van der Waals surface area contributed by atoms with Crippen LogP contribution in [-0.4, -0.2) is 0 Å². The predicted molar refractivity (Wildman–Crippen MR) is 142 cm³/mol. The van der Waals surface area contributed by atoms with Gasteiger partial charge in [-0.15, -0.1) is 0 Å². The smallest absolute Gasteiger partial charge is 0.0619 e. The fraction of sp³-hybridized carbons (Fsp3) is 0.438. The summed E-state index contributed by atoms with van der Waals surface area (Å²) < 4.78 is 0. The standard InChI is InChI=1S/C32H39S/c1-2-6-12-26(13-7-3-1)28-18-22-31(23-19-28)33(30-16-10-5-11-17-30)32-24-20-29(21-25-32)27-14-8-4-9-15-27/h5,10-11,16-27H,1-4,6-9,12-15H2/q+1. The van der Waals surface area contributed by atoms with Gasteiger partial charge in [0, 0.05) is 0 Å². The molecule has 0 bridgehead atoms. The molecule has 2 fully saturated rings. The fourth-order valence-corrected chi connectivity index (χ4v) is 8.00. The Labute approximate surface area is 204 Å². The van der Waals surface area contributed by atoms with Gasteiger partial charge in [-0.2, -0.15) is 0 Å². The van der Waals surface area contributed by atoms with Crippen molar-refractivity contribution in [1.82, 2.24) is 0 Å². The van der Waals surface area contributed by atoms with E-state index >= 15 is 0 Å². The van der Waals surface area contributed by atoms with Crippen molar-refractivity contribution in [3.8, 4) is 0 Å². The Morgan fingerprint density at radius 3 is 1.21 bits per heavy atom. The van der Waals surface area contributed by atoms with Crippen molar-refractivity contribution < 1.29 is 0 Å². The molecule has 0 radical (unpaired) electrons. The van der Waals surface area contributed by atoms with E-state index in [9.17, 15) is 0 Å². The van der Waals surface area contributed by atoms with Crippen molar-refractivity contribution >= 4 is 10.9 Å². The van der Waals surface area contributed by atoms with Gasteiger partial charge in [0.1, 0.15) is 0 Å². The van der Waals surface area contributed by atoms with Gasteiger partial charge in [-0.25, -0.2) is 0 Å². The molecule has 0 N–H and O–H groups in total. The van der Waals surface area contributed by atoms with Gasteiger partial charge >= 0.3 is 0 Å². The summed E-state index contributed by atoms with van der Waals surface area (Å²) in [5.74, 6) is 1.53. The van der Waals surface area contributed by atoms with E-state index in [1.807, 2.05) is 0 Å². The molecule has 3 aromatic carbocycles. The quantitative estimate of drug-likeness (QED) is 0.336. The minimum Gasteiger partial charge on any atom is -0.0619 e. The van der Waals surface area contributed by atoms with Crippen molar-refractivity contribution in [1.29, 1.82) is 0 Å². The largest absolute Gasteiger partial charge is 0.166 e. The summed E-state index contributed by atoms with van der Waals surface area (Å²) >= 11 is 0. The maximum atomic E-state index is 2.45. The lowest BCUT2D eigenvalue weighted by Gasteiger charge is -2.22. The Bertz CT molecular complexity index is 959. The van der Waals surface area contributed by atoms with Gasteiger partial charge in [0.15, 0.2) is 14.7 Å². The molecule has 0 heterocycles. The van der Waals surface area contributed by atoms with Gasteiger partial charge in [-0.05, 0) is 85.0 Å². The van der Waals surface area contributed by atoms with Crippen molar-refractivity contribution in [3.63, 3.8) is 0 Å². The lowest BCUT2D eigenvalue weighted by Crippen LogP contribution is -2.08. The summed E-state index contributed by atoms with van der Waals surface area (Å²) in [7, 11) is -0.0472. The van der Waals surface area contributed by atoms with Gasteiger partial charge in [0.2, 0.25) is 0 Å². The second-order valence-electron chi connectivity index (χ2n) is 10.1. The lowest BCUT2D eigenvalue weighted by molar-refractivity contribution is 0.443. The van der Waals surface area contributed by atoms with Crippen LogP contribution in [0.1, 0.15) is 100 Å². The Balaban J connectivity index is 1.41. The van der Waals surface area contributed by atoms with E-state index in [0.717, 1.165) is 11.8 Å². The molecule has 0 spiro atoms. The zero-order chi connectivity index (χ0) is 22.3. The van der Waals surface area contributed by atoms with Crippen molar-refractivity contribution in [2.75, 3.05) is 0 Å². The molecule has 0 aromatic heterocycles. The first-order valence-electron chi connectivity index (χ1n) is 13.4. The average molecular weight is 456 g/mol. The fourth-order valence-electron chi connectivity index (χ4n) is 5.94. The van der Waals surface area contributed by atoms with E-state index < -0.39 is 0 Å². The summed E-state index contributed by atoms with van der Waals surface area (Å²) in [6.45, 7) is 0. The van der Waals surface area contributed by atoms with Crippen LogP contribution in [0, 0.1) is 0 Å². The van der Waals surface area contributed by atoms with Crippen LogP contribution in [0.15, 0.2) is 93.5 Å². The summed E-state index contributed by atoms with van der Waals surface area (Å²) in [6, 6.07) is 30.6. The maximum Gasteiger partial charge on any atom is 0.166 e. The number of benzene rings is 3. The van der Waals surface area contributed by atoms with Crippen LogP contribution < -0.4 is 0 Å². The molecule has 1 unspecified atom stereocenters. The van der Waals surface area contributed by atoms with E-state index in [0.29, 0.717) is 0 Å². The second-order valence-corrected chi connectivity index (χ2v) is 12.2. The zero-order valence-corrected chi connectivity index (χ0v) is 20.9. The SMILES string of the molecule is c1ccc([S+](c2ccc(C3CCCCCCC3)cc2)c2ccc(C3CCCCC3)cc2)cc1. The highest BCUT2D eigenvalue weighted by Crippen LogP contribution is 2.37. The van der Waals surface area contributed by atoms with E-state index in [1.165, 1.54) is 91.7 Å². The van der Waals surface area contributed by atoms with E-state index in [4.69, 9.17) is 0 Å². The van der Waals surface area contributed by atoms with E-state index in [2.05, 4.69) is 78.9 Å². The molecule has 0 amide bonds. The Morgan fingerprint density at radius 2 is 0.758 bits per heavy atom. The highest BCUT2D eigenvalue weighted by atomic mass is 32.2. The normalized spacial score (nSPS) is 19.5. The van der Waals surface area contributed by atoms with Gasteiger partial charge < -0.3 is 0 Å². The monoisotopic (exact) mass is 455 g/mol. The van der Waals surface area contributed by atoms with Gasteiger partial charge in [0.05, 0.1) is 10.9 Å². The summed E-state index contributed by atoms with van der Waals surface area (Å²) in [5, 5.41) is 0. The third-order valence-corrected chi connectivity index (χ3v) is 10.1. The van der Waals surface area contributed by atoms with Crippen LogP contribution in [0.4, 0.5) is 0 Å². The van der Waals surface area contributed by atoms with Crippen molar-refractivity contribution in [2.45, 2.75) is 104 Å². The number of hydrogen-bond donors (Lipinski definition) is 0. The van der Waals surface area contributed by atoms with Crippen LogP contribution in [0.5, 0.6) is 0 Å². The molecule has 5 rings (SSSR count). The first kappa shape index (κ1) is 22.8. The molecule has 1 atom stereocenters. The molecule has 1 heteroatoms. The highest BCUT2D eigenvalue weighted by molar-refractivity contribution is 7.97. The van der Waals surface area contributed by atoms with Crippen LogP contribution in [0.2, 0.25) is 0 Å². The molecule has 2 saturated carbocycles. The van der Waals surface area contributed by atoms with Crippen LogP contribution in [0.25, 0.3) is 0 Å². The van der Waals surface area contributed by atoms with Crippen molar-refractivity contribution in [2.24, 2.45) is 0 Å². The topological polar surface area (TPSA) is 0 Å². The van der Waals surface area contributed by atoms with E-state index in [-0.39, 0.29) is 10.9 Å².